The molecule has 0 aliphatic heterocycles. The summed E-state index contributed by atoms with van der Waals surface area (Å²) < 4.78 is 16.2. The summed E-state index contributed by atoms with van der Waals surface area (Å²) in [6, 6.07) is 14.1. The van der Waals surface area contributed by atoms with E-state index in [1.54, 1.807) is 6.92 Å². The van der Waals surface area contributed by atoms with E-state index in [0.717, 1.165) is 21.9 Å². The minimum absolute atomic E-state index is 0.302. The molecular formula is C22H26O4. The fraction of sp³-hybridized carbons (Fsp3) is 0.318. The number of hydrogen-bond donors (Lipinski definition) is 0. The van der Waals surface area contributed by atoms with Crippen LogP contribution in [0.2, 0.25) is 0 Å². The lowest BCUT2D eigenvalue weighted by Crippen LogP contribution is -2.11. The van der Waals surface area contributed by atoms with Gasteiger partial charge in [-0.1, -0.05) is 48.5 Å². The van der Waals surface area contributed by atoms with Crippen molar-refractivity contribution >= 4 is 22.3 Å². The third-order valence-corrected chi connectivity index (χ3v) is 3.84. The summed E-state index contributed by atoms with van der Waals surface area (Å²) >= 11 is 0. The second-order valence-corrected chi connectivity index (χ2v) is 5.51. The predicted molar refractivity (Wildman–Crippen MR) is 105 cm³/mol. The van der Waals surface area contributed by atoms with Crippen molar-refractivity contribution in [3.05, 3.63) is 65.9 Å². The monoisotopic (exact) mass is 354 g/mol. The van der Waals surface area contributed by atoms with Crippen LogP contribution in [0.3, 0.4) is 0 Å². The van der Waals surface area contributed by atoms with E-state index in [1.807, 2.05) is 50.3 Å². The Kier molecular flexibility index (Phi) is 7.90. The van der Waals surface area contributed by atoms with Crippen molar-refractivity contribution in [1.82, 2.24) is 0 Å². The SMILES string of the molecule is CCO/C=C(C(=O)OCC)/C(=C/COCC)c1cccc2ccccc12. The van der Waals surface area contributed by atoms with Crippen LogP contribution in [0.4, 0.5) is 0 Å². The fourth-order valence-electron chi connectivity index (χ4n) is 2.68. The molecule has 138 valence electrons. The zero-order chi connectivity index (χ0) is 18.8. The molecule has 0 saturated heterocycles. The van der Waals surface area contributed by atoms with Gasteiger partial charge in [-0.05, 0) is 42.7 Å². The summed E-state index contributed by atoms with van der Waals surface area (Å²) in [4.78, 5) is 12.6. The minimum atomic E-state index is -0.406. The van der Waals surface area contributed by atoms with E-state index in [1.165, 1.54) is 6.26 Å². The van der Waals surface area contributed by atoms with Crippen molar-refractivity contribution in [3.8, 4) is 0 Å². The van der Waals surface area contributed by atoms with Gasteiger partial charge in [0.15, 0.2) is 0 Å². The molecule has 0 radical (unpaired) electrons. The Bertz CT molecular complexity index is 784. The molecule has 0 aliphatic rings. The summed E-state index contributed by atoms with van der Waals surface area (Å²) in [5.41, 5.74) is 2.09. The molecule has 0 N–H and O–H groups in total. The second-order valence-electron chi connectivity index (χ2n) is 5.51. The molecular weight excluding hydrogens is 328 g/mol. The molecule has 2 rings (SSSR count). The molecule has 0 atom stereocenters. The van der Waals surface area contributed by atoms with Crippen LogP contribution in [0.5, 0.6) is 0 Å². The van der Waals surface area contributed by atoms with E-state index < -0.39 is 5.97 Å². The van der Waals surface area contributed by atoms with Gasteiger partial charge in [-0.15, -0.1) is 0 Å². The molecule has 0 amide bonds. The Hall–Kier alpha value is -2.59. The zero-order valence-corrected chi connectivity index (χ0v) is 15.7. The van der Waals surface area contributed by atoms with Crippen LogP contribution >= 0.6 is 0 Å². The van der Waals surface area contributed by atoms with E-state index in [2.05, 4.69) is 12.1 Å². The van der Waals surface area contributed by atoms with Crippen LogP contribution in [0.25, 0.3) is 16.3 Å². The second kappa shape index (κ2) is 10.4. The standard InChI is InChI=1S/C22H26O4/c1-4-24-15-14-20(21(16-25-5-2)22(23)26-6-3)19-13-9-11-17-10-7-8-12-18(17)19/h7-14,16H,4-6,15H2,1-3H3/b20-14+,21-16-. The highest BCUT2D eigenvalue weighted by molar-refractivity contribution is 6.10. The molecule has 2 aromatic rings. The van der Waals surface area contributed by atoms with Gasteiger partial charge in [0.25, 0.3) is 0 Å². The summed E-state index contributed by atoms with van der Waals surface area (Å²) in [6.07, 6.45) is 3.39. The van der Waals surface area contributed by atoms with Crippen molar-refractivity contribution in [1.29, 1.82) is 0 Å². The lowest BCUT2D eigenvalue weighted by Gasteiger charge is -2.15. The molecule has 0 unspecified atom stereocenters. The lowest BCUT2D eigenvalue weighted by atomic mass is 9.93. The summed E-state index contributed by atoms with van der Waals surface area (Å²) in [5, 5.41) is 2.16. The number of rotatable bonds is 9. The summed E-state index contributed by atoms with van der Waals surface area (Å²) in [5.74, 6) is -0.406. The van der Waals surface area contributed by atoms with Gasteiger partial charge in [-0.25, -0.2) is 4.79 Å². The van der Waals surface area contributed by atoms with Crippen molar-refractivity contribution in [2.45, 2.75) is 20.8 Å². The molecule has 4 heteroatoms. The fourth-order valence-corrected chi connectivity index (χ4v) is 2.68. The quantitative estimate of drug-likeness (QED) is 0.214. The van der Waals surface area contributed by atoms with Crippen molar-refractivity contribution in [2.75, 3.05) is 26.4 Å². The molecule has 4 nitrogen and oxygen atoms in total. The maximum absolute atomic E-state index is 12.6. The van der Waals surface area contributed by atoms with Gasteiger partial charge < -0.3 is 14.2 Å². The van der Waals surface area contributed by atoms with Gasteiger partial charge in [0.1, 0.15) is 5.57 Å². The lowest BCUT2D eigenvalue weighted by molar-refractivity contribution is -0.138. The Morgan fingerprint density at radius 3 is 2.46 bits per heavy atom. The summed E-state index contributed by atoms with van der Waals surface area (Å²) in [7, 11) is 0. The number of benzene rings is 2. The normalized spacial score (nSPS) is 12.3. The van der Waals surface area contributed by atoms with Crippen LogP contribution in [-0.4, -0.2) is 32.4 Å². The van der Waals surface area contributed by atoms with Crippen LogP contribution in [0, 0.1) is 0 Å². The molecule has 0 aliphatic carbocycles. The van der Waals surface area contributed by atoms with E-state index in [-0.39, 0.29) is 0 Å². The maximum Gasteiger partial charge on any atom is 0.341 e. The average molecular weight is 354 g/mol. The third-order valence-electron chi connectivity index (χ3n) is 3.84. The number of esters is 1. The first-order chi connectivity index (χ1) is 12.7. The van der Waals surface area contributed by atoms with Gasteiger partial charge in [-0.3, -0.25) is 0 Å². The van der Waals surface area contributed by atoms with Gasteiger partial charge in [0.2, 0.25) is 0 Å². The van der Waals surface area contributed by atoms with Crippen LogP contribution < -0.4 is 0 Å². The number of fused-ring (bicyclic) bond motifs is 1. The van der Waals surface area contributed by atoms with Crippen LogP contribution in [0.1, 0.15) is 26.3 Å². The molecule has 0 heterocycles. The Labute approximate surface area is 155 Å². The number of hydrogen-bond acceptors (Lipinski definition) is 4. The van der Waals surface area contributed by atoms with Crippen molar-refractivity contribution in [3.63, 3.8) is 0 Å². The number of ether oxygens (including phenoxy) is 3. The van der Waals surface area contributed by atoms with Gasteiger partial charge in [-0.2, -0.15) is 0 Å². The number of carbonyl (C=O) groups excluding carboxylic acids is 1. The predicted octanol–water partition coefficient (Wildman–Crippen LogP) is 4.74. The largest absolute Gasteiger partial charge is 0.501 e. The molecule has 0 saturated carbocycles. The van der Waals surface area contributed by atoms with E-state index in [4.69, 9.17) is 14.2 Å². The maximum atomic E-state index is 12.6. The topological polar surface area (TPSA) is 44.8 Å². The Balaban J connectivity index is 2.60. The smallest absolute Gasteiger partial charge is 0.341 e. The van der Waals surface area contributed by atoms with Crippen molar-refractivity contribution < 1.29 is 19.0 Å². The van der Waals surface area contributed by atoms with E-state index in [9.17, 15) is 4.79 Å². The van der Waals surface area contributed by atoms with Gasteiger partial charge >= 0.3 is 5.97 Å². The molecule has 0 bridgehead atoms. The molecule has 0 spiro atoms. The van der Waals surface area contributed by atoms with Crippen LogP contribution in [-0.2, 0) is 19.0 Å². The van der Waals surface area contributed by atoms with E-state index in [0.29, 0.717) is 32.0 Å². The highest BCUT2D eigenvalue weighted by atomic mass is 16.5. The zero-order valence-electron chi connectivity index (χ0n) is 15.7. The first kappa shape index (κ1) is 19.7. The summed E-state index contributed by atoms with van der Waals surface area (Å²) in [6.45, 7) is 7.38. The molecule has 0 fully saturated rings. The van der Waals surface area contributed by atoms with Gasteiger partial charge in [0.05, 0.1) is 26.1 Å². The highest BCUT2D eigenvalue weighted by Crippen LogP contribution is 2.31. The third kappa shape index (κ3) is 4.96. The Morgan fingerprint density at radius 2 is 1.73 bits per heavy atom. The van der Waals surface area contributed by atoms with Gasteiger partial charge in [0, 0.05) is 6.61 Å². The van der Waals surface area contributed by atoms with Crippen LogP contribution in [0.15, 0.2) is 60.4 Å². The first-order valence-electron chi connectivity index (χ1n) is 8.98. The Morgan fingerprint density at radius 1 is 0.962 bits per heavy atom. The molecule has 26 heavy (non-hydrogen) atoms. The molecule has 2 aromatic carbocycles. The molecule has 0 aromatic heterocycles. The van der Waals surface area contributed by atoms with E-state index >= 15 is 0 Å². The number of carbonyl (C=O) groups is 1. The minimum Gasteiger partial charge on any atom is -0.501 e. The van der Waals surface area contributed by atoms with Crippen molar-refractivity contribution in [2.24, 2.45) is 0 Å². The first-order valence-corrected chi connectivity index (χ1v) is 8.98. The average Bonchev–Trinajstić information content (AvgIpc) is 2.67. The highest BCUT2D eigenvalue weighted by Gasteiger charge is 2.20.